The maximum Gasteiger partial charge on any atom is 0.268 e. The number of carbonyl (C=O) groups excluding carboxylic acids is 1. The van der Waals surface area contributed by atoms with Crippen molar-refractivity contribution in [3.63, 3.8) is 0 Å². The van der Waals surface area contributed by atoms with Crippen LogP contribution in [0.25, 0.3) is 11.3 Å². The van der Waals surface area contributed by atoms with Gasteiger partial charge in [-0.2, -0.15) is 0 Å². The molecule has 0 N–H and O–H groups in total. The monoisotopic (exact) mass is 384 g/mol. The topological polar surface area (TPSA) is 42.4 Å². The van der Waals surface area contributed by atoms with Crippen LogP contribution in [0.15, 0.2) is 47.8 Å². The quantitative estimate of drug-likeness (QED) is 0.632. The lowest BCUT2D eigenvalue weighted by Gasteiger charge is -2.33. The van der Waals surface area contributed by atoms with Crippen LogP contribution in [0.1, 0.15) is 17.5 Å². The molecule has 0 fully saturated rings. The molecule has 0 saturated carbocycles. The third-order valence-electron chi connectivity index (χ3n) is 4.31. The summed E-state index contributed by atoms with van der Waals surface area (Å²) in [6, 6.07) is 13.4. The zero-order valence-corrected chi connectivity index (χ0v) is 16.0. The van der Waals surface area contributed by atoms with Crippen LogP contribution in [0, 0.1) is 6.92 Å². The van der Waals surface area contributed by atoms with Crippen molar-refractivity contribution < 1.29 is 9.53 Å². The Morgan fingerprint density at radius 3 is 2.85 bits per heavy atom. The number of nitrogens with zero attached hydrogens (tertiary/aromatic N) is 2. The molecule has 1 aliphatic heterocycles. The van der Waals surface area contributed by atoms with Gasteiger partial charge < -0.3 is 9.64 Å². The summed E-state index contributed by atoms with van der Waals surface area (Å²) in [5.74, 6) is 0.638. The van der Waals surface area contributed by atoms with E-state index < -0.39 is 6.10 Å². The molecule has 1 amide bonds. The van der Waals surface area contributed by atoms with Gasteiger partial charge in [0.15, 0.2) is 6.10 Å². The minimum Gasteiger partial charge on any atom is -0.479 e. The molecule has 2 heterocycles. The van der Waals surface area contributed by atoms with Crippen molar-refractivity contribution in [2.75, 3.05) is 4.90 Å². The van der Waals surface area contributed by atoms with E-state index >= 15 is 0 Å². The van der Waals surface area contributed by atoms with Crippen molar-refractivity contribution in [1.82, 2.24) is 4.98 Å². The minimum absolute atomic E-state index is 0.0657. The van der Waals surface area contributed by atoms with Gasteiger partial charge in [-0.25, -0.2) is 4.98 Å². The molecule has 1 aromatic heterocycles. The fourth-order valence-electron chi connectivity index (χ4n) is 3.04. The van der Waals surface area contributed by atoms with E-state index in [1.54, 1.807) is 23.2 Å². The molecule has 2 aromatic carbocycles. The summed E-state index contributed by atoms with van der Waals surface area (Å²) in [5, 5.41) is 3.68. The number of fused-ring (bicyclic) bond motifs is 1. The molecular formula is C20H17ClN2O2S. The molecule has 0 saturated heterocycles. The van der Waals surface area contributed by atoms with Gasteiger partial charge >= 0.3 is 0 Å². The summed E-state index contributed by atoms with van der Waals surface area (Å²) in [6.07, 6.45) is -0.519. The predicted octanol–water partition coefficient (Wildman–Crippen LogP) is 5.09. The van der Waals surface area contributed by atoms with Crippen LogP contribution in [0.5, 0.6) is 5.75 Å². The number of anilines is 1. The molecule has 0 aliphatic carbocycles. The first-order valence-electron chi connectivity index (χ1n) is 8.30. The van der Waals surface area contributed by atoms with Gasteiger partial charge in [0.1, 0.15) is 5.75 Å². The van der Waals surface area contributed by atoms with Crippen molar-refractivity contribution in [1.29, 1.82) is 0 Å². The van der Waals surface area contributed by atoms with Crippen LogP contribution in [-0.4, -0.2) is 17.0 Å². The molecule has 132 valence electrons. The first-order chi connectivity index (χ1) is 12.5. The van der Waals surface area contributed by atoms with Crippen molar-refractivity contribution in [3.05, 3.63) is 63.4 Å². The highest BCUT2D eigenvalue weighted by Gasteiger charge is 2.32. The molecule has 0 radical (unpaired) electrons. The van der Waals surface area contributed by atoms with Gasteiger partial charge in [0.25, 0.3) is 5.91 Å². The normalized spacial score (nSPS) is 16.3. The highest BCUT2D eigenvalue weighted by molar-refractivity contribution is 7.09. The number of thiazole rings is 1. The number of ether oxygens (including phenoxy) is 1. The number of aryl methyl sites for hydroxylation is 1. The van der Waals surface area contributed by atoms with Crippen LogP contribution in [0.2, 0.25) is 5.02 Å². The lowest BCUT2D eigenvalue weighted by Crippen LogP contribution is -2.44. The fraction of sp³-hybridized carbons (Fsp3) is 0.200. The van der Waals surface area contributed by atoms with Gasteiger partial charge in [-0.1, -0.05) is 23.7 Å². The Kier molecular flexibility index (Phi) is 4.42. The van der Waals surface area contributed by atoms with E-state index in [1.165, 1.54) is 0 Å². The zero-order valence-electron chi connectivity index (χ0n) is 14.4. The number of aromatic nitrogens is 1. The van der Waals surface area contributed by atoms with Crippen LogP contribution in [-0.2, 0) is 11.3 Å². The van der Waals surface area contributed by atoms with Gasteiger partial charge in [-0.05, 0) is 49.7 Å². The summed E-state index contributed by atoms with van der Waals surface area (Å²) in [6.45, 7) is 4.19. The van der Waals surface area contributed by atoms with E-state index in [0.717, 1.165) is 27.5 Å². The number of amides is 1. The highest BCUT2D eigenvalue weighted by Crippen LogP contribution is 2.38. The summed E-state index contributed by atoms with van der Waals surface area (Å²) in [4.78, 5) is 19.1. The van der Waals surface area contributed by atoms with Crippen LogP contribution in [0.3, 0.4) is 0 Å². The Hall–Kier alpha value is -2.37. The zero-order chi connectivity index (χ0) is 18.3. The van der Waals surface area contributed by atoms with E-state index in [0.29, 0.717) is 17.3 Å². The summed E-state index contributed by atoms with van der Waals surface area (Å²) in [5.41, 5.74) is 3.61. The number of halogens is 1. The molecule has 1 unspecified atom stereocenters. The molecule has 1 aliphatic rings. The van der Waals surface area contributed by atoms with Gasteiger partial charge in [-0.15, -0.1) is 11.3 Å². The van der Waals surface area contributed by atoms with Crippen molar-refractivity contribution >= 4 is 34.5 Å². The summed E-state index contributed by atoms with van der Waals surface area (Å²) < 4.78 is 5.80. The van der Waals surface area contributed by atoms with Crippen LogP contribution in [0.4, 0.5) is 5.69 Å². The molecule has 6 heteroatoms. The standard InChI is InChI=1S/C20H17ClN2O2S/c1-12-20(24)23(10-14-4-3-5-16(21)8-14)18-9-15(6-7-19(18)25-12)17-11-26-13(2)22-17/h3-9,11-12H,10H2,1-2H3. The molecule has 0 bridgehead atoms. The first kappa shape index (κ1) is 17.1. The van der Waals surface area contributed by atoms with E-state index in [4.69, 9.17) is 16.3 Å². The van der Waals surface area contributed by atoms with Gasteiger partial charge in [0.05, 0.1) is 22.9 Å². The number of hydrogen-bond acceptors (Lipinski definition) is 4. The Balaban J connectivity index is 1.76. The van der Waals surface area contributed by atoms with Crippen molar-refractivity contribution in [2.24, 2.45) is 0 Å². The first-order valence-corrected chi connectivity index (χ1v) is 9.56. The molecular weight excluding hydrogens is 368 g/mol. The van der Waals surface area contributed by atoms with E-state index in [1.807, 2.05) is 54.8 Å². The van der Waals surface area contributed by atoms with Gasteiger partial charge in [0.2, 0.25) is 0 Å². The SMILES string of the molecule is Cc1nc(-c2ccc3c(c2)N(Cc2cccc(Cl)c2)C(=O)C(C)O3)cs1. The number of carbonyl (C=O) groups is 1. The minimum atomic E-state index is -0.519. The Bertz CT molecular complexity index is 985. The Labute approximate surface area is 161 Å². The largest absolute Gasteiger partial charge is 0.479 e. The van der Waals surface area contributed by atoms with Crippen molar-refractivity contribution in [3.8, 4) is 17.0 Å². The maximum absolute atomic E-state index is 12.8. The summed E-state index contributed by atoms with van der Waals surface area (Å²) >= 11 is 7.71. The second kappa shape index (κ2) is 6.74. The molecule has 3 aromatic rings. The molecule has 26 heavy (non-hydrogen) atoms. The molecule has 4 nitrogen and oxygen atoms in total. The molecule has 0 spiro atoms. The fourth-order valence-corrected chi connectivity index (χ4v) is 3.88. The Morgan fingerprint density at radius 1 is 1.27 bits per heavy atom. The predicted molar refractivity (Wildman–Crippen MR) is 105 cm³/mol. The average molecular weight is 385 g/mol. The lowest BCUT2D eigenvalue weighted by atomic mass is 10.1. The highest BCUT2D eigenvalue weighted by atomic mass is 35.5. The average Bonchev–Trinajstić information content (AvgIpc) is 3.05. The Morgan fingerprint density at radius 2 is 2.12 bits per heavy atom. The number of benzene rings is 2. The smallest absolute Gasteiger partial charge is 0.268 e. The molecule has 1 atom stereocenters. The van der Waals surface area contributed by atoms with E-state index in [-0.39, 0.29) is 5.91 Å². The van der Waals surface area contributed by atoms with Gasteiger partial charge in [-0.3, -0.25) is 4.79 Å². The second-order valence-electron chi connectivity index (χ2n) is 6.25. The molecule has 4 rings (SSSR count). The lowest BCUT2D eigenvalue weighted by molar-refractivity contribution is -0.125. The number of hydrogen-bond donors (Lipinski definition) is 0. The third-order valence-corrected chi connectivity index (χ3v) is 5.32. The van der Waals surface area contributed by atoms with E-state index in [9.17, 15) is 4.79 Å². The van der Waals surface area contributed by atoms with Crippen LogP contribution < -0.4 is 9.64 Å². The van der Waals surface area contributed by atoms with Gasteiger partial charge in [0, 0.05) is 16.0 Å². The summed E-state index contributed by atoms with van der Waals surface area (Å²) in [7, 11) is 0. The van der Waals surface area contributed by atoms with Crippen LogP contribution >= 0.6 is 22.9 Å². The van der Waals surface area contributed by atoms with Crippen molar-refractivity contribution in [2.45, 2.75) is 26.5 Å². The van der Waals surface area contributed by atoms with E-state index in [2.05, 4.69) is 4.98 Å². The second-order valence-corrected chi connectivity index (χ2v) is 7.75. The number of rotatable bonds is 3. The third kappa shape index (κ3) is 3.20. The maximum atomic E-state index is 12.8.